The number of nitrogens with one attached hydrogen (secondary N) is 1. The van der Waals surface area contributed by atoms with Crippen molar-refractivity contribution in [2.24, 2.45) is 5.92 Å². The van der Waals surface area contributed by atoms with Crippen molar-refractivity contribution in [3.05, 3.63) is 35.1 Å². The van der Waals surface area contributed by atoms with E-state index in [0.29, 0.717) is 6.07 Å². The molecule has 0 aliphatic rings. The van der Waals surface area contributed by atoms with Crippen LogP contribution in [-0.2, 0) is 4.79 Å². The van der Waals surface area contributed by atoms with Gasteiger partial charge < -0.3 is 10.4 Å². The average molecular weight is 289 g/mol. The zero-order chi connectivity index (χ0) is 15.4. The first-order valence-corrected chi connectivity index (χ1v) is 5.91. The molecule has 0 heterocycles. The smallest absolute Gasteiger partial charge is 0.326 e. The van der Waals surface area contributed by atoms with E-state index in [1.54, 1.807) is 13.8 Å². The highest BCUT2D eigenvalue weighted by Crippen LogP contribution is 2.15. The summed E-state index contributed by atoms with van der Waals surface area (Å²) in [7, 11) is 0. The first kappa shape index (κ1) is 16.0. The molecule has 0 radical (unpaired) electrons. The molecule has 20 heavy (non-hydrogen) atoms. The van der Waals surface area contributed by atoms with Crippen LogP contribution in [0.1, 0.15) is 30.6 Å². The molecule has 0 saturated heterocycles. The zero-order valence-electron chi connectivity index (χ0n) is 10.9. The second-order valence-electron chi connectivity index (χ2n) is 4.72. The van der Waals surface area contributed by atoms with E-state index in [2.05, 4.69) is 5.32 Å². The number of carbonyl (C=O) groups is 2. The van der Waals surface area contributed by atoms with Crippen molar-refractivity contribution in [1.29, 1.82) is 0 Å². The van der Waals surface area contributed by atoms with Crippen LogP contribution in [0, 0.1) is 23.4 Å². The predicted molar refractivity (Wildman–Crippen MR) is 64.7 cm³/mol. The first-order valence-electron chi connectivity index (χ1n) is 5.91. The largest absolute Gasteiger partial charge is 0.480 e. The van der Waals surface area contributed by atoms with E-state index in [1.807, 2.05) is 0 Å². The third-order valence-corrected chi connectivity index (χ3v) is 2.59. The van der Waals surface area contributed by atoms with Crippen molar-refractivity contribution in [3.63, 3.8) is 0 Å². The molecule has 0 bridgehead atoms. The Morgan fingerprint density at radius 2 is 1.80 bits per heavy atom. The third kappa shape index (κ3) is 3.72. The molecule has 110 valence electrons. The molecule has 7 heteroatoms. The van der Waals surface area contributed by atoms with Crippen molar-refractivity contribution in [2.45, 2.75) is 26.3 Å². The van der Waals surface area contributed by atoms with Crippen LogP contribution in [-0.4, -0.2) is 23.0 Å². The summed E-state index contributed by atoms with van der Waals surface area (Å²) in [6, 6.07) is 0.137. The maximum atomic E-state index is 13.4. The van der Waals surface area contributed by atoms with Crippen molar-refractivity contribution >= 4 is 11.9 Å². The van der Waals surface area contributed by atoms with Gasteiger partial charge in [0.2, 0.25) is 0 Å². The molecule has 0 aliphatic heterocycles. The minimum atomic E-state index is -1.77. The molecule has 1 rings (SSSR count). The van der Waals surface area contributed by atoms with Crippen LogP contribution in [0.15, 0.2) is 12.1 Å². The number of benzene rings is 1. The third-order valence-electron chi connectivity index (χ3n) is 2.59. The Kier molecular flexibility index (Phi) is 5.12. The van der Waals surface area contributed by atoms with E-state index in [1.165, 1.54) is 0 Å². The lowest BCUT2D eigenvalue weighted by Gasteiger charge is -2.16. The van der Waals surface area contributed by atoms with Gasteiger partial charge in [-0.15, -0.1) is 0 Å². The van der Waals surface area contributed by atoms with Crippen LogP contribution >= 0.6 is 0 Å². The number of aliphatic carboxylic acids is 1. The van der Waals surface area contributed by atoms with Gasteiger partial charge in [0.05, 0.1) is 5.56 Å². The van der Waals surface area contributed by atoms with Crippen LogP contribution in [0.25, 0.3) is 0 Å². The Bertz CT molecular complexity index is 532. The normalized spacial score (nSPS) is 12.3. The quantitative estimate of drug-likeness (QED) is 0.818. The number of carbonyl (C=O) groups excluding carboxylic acids is 1. The van der Waals surface area contributed by atoms with Gasteiger partial charge in [-0.2, -0.15) is 0 Å². The summed E-state index contributed by atoms with van der Waals surface area (Å²) in [6.07, 6.45) is 0.131. The van der Waals surface area contributed by atoms with E-state index >= 15 is 0 Å². The van der Waals surface area contributed by atoms with Gasteiger partial charge in [0.15, 0.2) is 17.5 Å². The maximum Gasteiger partial charge on any atom is 0.326 e. The summed E-state index contributed by atoms with van der Waals surface area (Å²) in [5.41, 5.74) is -0.737. The zero-order valence-corrected chi connectivity index (χ0v) is 10.9. The Morgan fingerprint density at radius 3 is 2.30 bits per heavy atom. The Labute approximate surface area is 113 Å². The number of hydrogen-bond acceptors (Lipinski definition) is 2. The lowest BCUT2D eigenvalue weighted by molar-refractivity contribution is -0.139. The molecule has 0 spiro atoms. The minimum Gasteiger partial charge on any atom is -0.480 e. The standard InChI is InChI=1S/C13H14F3NO3/c1-6(2)5-9(13(19)20)17-12(18)7-3-4-8(14)11(16)10(7)15/h3-4,6,9H,5H2,1-2H3,(H,17,18)(H,19,20)/t9-/m1/s1. The van der Waals surface area contributed by atoms with Crippen molar-refractivity contribution in [1.82, 2.24) is 5.32 Å². The fourth-order valence-corrected chi connectivity index (χ4v) is 1.63. The summed E-state index contributed by atoms with van der Waals surface area (Å²) < 4.78 is 39.2. The number of carboxylic acids is 1. The number of rotatable bonds is 5. The molecule has 4 nitrogen and oxygen atoms in total. The average Bonchev–Trinajstić information content (AvgIpc) is 2.34. The molecule has 1 aromatic carbocycles. The summed E-state index contributed by atoms with van der Waals surface area (Å²) in [4.78, 5) is 22.7. The van der Waals surface area contributed by atoms with E-state index in [4.69, 9.17) is 5.11 Å². The monoisotopic (exact) mass is 289 g/mol. The Balaban J connectivity index is 2.95. The second-order valence-corrected chi connectivity index (χ2v) is 4.72. The maximum absolute atomic E-state index is 13.4. The highest BCUT2D eigenvalue weighted by atomic mass is 19.2. The van der Waals surface area contributed by atoms with Crippen LogP contribution in [0.2, 0.25) is 0 Å². The number of carboxylic acid groups (broad SMARTS) is 1. The molecular formula is C13H14F3NO3. The van der Waals surface area contributed by atoms with Crippen LogP contribution in [0.4, 0.5) is 13.2 Å². The number of hydrogen-bond donors (Lipinski definition) is 2. The van der Waals surface area contributed by atoms with Crippen molar-refractivity contribution < 1.29 is 27.9 Å². The molecule has 1 atom stereocenters. The van der Waals surface area contributed by atoms with Gasteiger partial charge >= 0.3 is 5.97 Å². The van der Waals surface area contributed by atoms with Gasteiger partial charge in [-0.1, -0.05) is 13.8 Å². The first-order chi connectivity index (χ1) is 9.23. The predicted octanol–water partition coefficient (Wildman–Crippen LogP) is 2.33. The molecular weight excluding hydrogens is 275 g/mol. The summed E-state index contributed by atoms with van der Waals surface area (Å²) in [5.74, 6) is -7.24. The number of amides is 1. The molecule has 1 amide bonds. The van der Waals surface area contributed by atoms with E-state index in [9.17, 15) is 22.8 Å². The highest BCUT2D eigenvalue weighted by Gasteiger charge is 2.25. The summed E-state index contributed by atoms with van der Waals surface area (Å²) >= 11 is 0. The molecule has 0 aliphatic carbocycles. The molecule has 0 aromatic heterocycles. The van der Waals surface area contributed by atoms with Crippen LogP contribution in [0.5, 0.6) is 0 Å². The second kappa shape index (κ2) is 6.40. The SMILES string of the molecule is CC(C)C[C@@H](NC(=O)c1ccc(F)c(F)c1F)C(=O)O. The van der Waals surface area contributed by atoms with Crippen molar-refractivity contribution in [2.75, 3.05) is 0 Å². The van der Waals surface area contributed by atoms with Gasteiger partial charge in [-0.05, 0) is 24.5 Å². The topological polar surface area (TPSA) is 66.4 Å². The molecule has 1 aromatic rings. The van der Waals surface area contributed by atoms with Gasteiger partial charge in [-0.3, -0.25) is 4.79 Å². The minimum absolute atomic E-state index is 0.0220. The van der Waals surface area contributed by atoms with Gasteiger partial charge in [0, 0.05) is 0 Å². The van der Waals surface area contributed by atoms with Gasteiger partial charge in [0.1, 0.15) is 6.04 Å². The molecule has 0 fully saturated rings. The van der Waals surface area contributed by atoms with Crippen LogP contribution in [0.3, 0.4) is 0 Å². The highest BCUT2D eigenvalue weighted by molar-refractivity contribution is 5.96. The van der Waals surface area contributed by atoms with E-state index in [0.717, 1.165) is 6.07 Å². The molecule has 0 unspecified atom stereocenters. The number of halogens is 3. The van der Waals surface area contributed by atoms with E-state index < -0.39 is 40.9 Å². The Morgan fingerprint density at radius 1 is 1.20 bits per heavy atom. The fourth-order valence-electron chi connectivity index (χ4n) is 1.63. The summed E-state index contributed by atoms with van der Waals surface area (Å²) in [5, 5.41) is 11.0. The lowest BCUT2D eigenvalue weighted by atomic mass is 10.0. The van der Waals surface area contributed by atoms with Crippen molar-refractivity contribution in [3.8, 4) is 0 Å². The van der Waals surface area contributed by atoms with Gasteiger partial charge in [0.25, 0.3) is 5.91 Å². The van der Waals surface area contributed by atoms with Crippen LogP contribution < -0.4 is 5.32 Å². The van der Waals surface area contributed by atoms with E-state index in [-0.39, 0.29) is 12.3 Å². The van der Waals surface area contributed by atoms with Gasteiger partial charge in [-0.25, -0.2) is 18.0 Å². The lowest BCUT2D eigenvalue weighted by Crippen LogP contribution is -2.42. The summed E-state index contributed by atoms with van der Waals surface area (Å²) in [6.45, 7) is 3.50. The molecule has 2 N–H and O–H groups in total. The molecule has 0 saturated carbocycles. The Hall–Kier alpha value is -2.05. The fraction of sp³-hybridized carbons (Fsp3) is 0.385.